The molecule has 1 atom stereocenters. The van der Waals surface area contributed by atoms with Crippen LogP contribution in [-0.4, -0.2) is 7.11 Å². The van der Waals surface area contributed by atoms with Gasteiger partial charge in [0, 0.05) is 10.4 Å². The van der Waals surface area contributed by atoms with E-state index in [9.17, 15) is 4.39 Å². The maximum Gasteiger partial charge on any atom is 0.123 e. The molecule has 1 nitrogen and oxygen atoms in total. The lowest BCUT2D eigenvalue weighted by molar-refractivity contribution is 0.394. The Labute approximate surface area is 117 Å². The Hall–Kier alpha value is -0.570. The molecule has 1 aromatic rings. The second kappa shape index (κ2) is 6.55. The molecule has 1 aliphatic rings. The number of ether oxygens (including phenoxy) is 1. The van der Waals surface area contributed by atoms with Gasteiger partial charge < -0.3 is 4.74 Å². The van der Waals surface area contributed by atoms with Crippen molar-refractivity contribution in [1.29, 1.82) is 0 Å². The third-order valence-corrected chi connectivity index (χ3v) is 5.04. The fourth-order valence-corrected chi connectivity index (χ4v) is 3.66. The van der Waals surface area contributed by atoms with Gasteiger partial charge in [-0.05, 0) is 37.0 Å². The Morgan fingerprint density at radius 2 is 1.89 bits per heavy atom. The van der Waals surface area contributed by atoms with Crippen LogP contribution < -0.4 is 4.74 Å². The summed E-state index contributed by atoms with van der Waals surface area (Å²) in [6.07, 6.45) is 7.66. The van der Waals surface area contributed by atoms with Gasteiger partial charge >= 0.3 is 0 Å². The molecule has 18 heavy (non-hydrogen) atoms. The molecule has 1 unspecified atom stereocenters. The van der Waals surface area contributed by atoms with Crippen LogP contribution >= 0.6 is 15.9 Å². The average Bonchev–Trinajstić information content (AvgIpc) is 2.66. The zero-order valence-electron chi connectivity index (χ0n) is 10.8. The highest BCUT2D eigenvalue weighted by Gasteiger charge is 2.24. The minimum Gasteiger partial charge on any atom is -0.496 e. The van der Waals surface area contributed by atoms with E-state index in [1.54, 1.807) is 19.2 Å². The lowest BCUT2D eigenvalue weighted by Gasteiger charge is -2.23. The van der Waals surface area contributed by atoms with E-state index in [0.717, 1.165) is 11.3 Å². The second-order valence-corrected chi connectivity index (χ2v) is 6.03. The molecule has 0 aromatic heterocycles. The zero-order valence-corrected chi connectivity index (χ0v) is 12.4. The van der Waals surface area contributed by atoms with Crippen LogP contribution in [0, 0.1) is 11.7 Å². The van der Waals surface area contributed by atoms with Gasteiger partial charge in [0.25, 0.3) is 0 Å². The molecular formula is C15H20BrFO. The fraction of sp³-hybridized carbons (Fsp3) is 0.600. The number of alkyl halides is 1. The molecule has 100 valence electrons. The highest BCUT2D eigenvalue weighted by molar-refractivity contribution is 9.09. The number of benzene rings is 1. The van der Waals surface area contributed by atoms with Crippen molar-refractivity contribution in [2.75, 3.05) is 7.11 Å². The molecule has 1 aliphatic carbocycles. The SMILES string of the molecule is COc1ccc(F)cc1C(Br)C1CCCCCC1. The Bertz CT molecular complexity index is 386. The van der Waals surface area contributed by atoms with Crippen LogP contribution in [0.5, 0.6) is 5.75 Å². The molecule has 0 bridgehead atoms. The second-order valence-electron chi connectivity index (χ2n) is 5.04. The summed E-state index contributed by atoms with van der Waals surface area (Å²) in [5.74, 6) is 1.18. The lowest BCUT2D eigenvalue weighted by atomic mass is 9.92. The Balaban J connectivity index is 2.20. The minimum atomic E-state index is -0.191. The van der Waals surface area contributed by atoms with Gasteiger partial charge in [0.2, 0.25) is 0 Å². The summed E-state index contributed by atoms with van der Waals surface area (Å²) in [5, 5.41) is 0. The number of methoxy groups -OCH3 is 1. The molecule has 0 spiro atoms. The lowest BCUT2D eigenvalue weighted by Crippen LogP contribution is -2.08. The van der Waals surface area contributed by atoms with Crippen LogP contribution in [0.25, 0.3) is 0 Å². The summed E-state index contributed by atoms with van der Waals surface area (Å²) in [5.41, 5.74) is 0.949. The van der Waals surface area contributed by atoms with Gasteiger partial charge in [-0.25, -0.2) is 4.39 Å². The van der Waals surface area contributed by atoms with Crippen molar-refractivity contribution >= 4 is 15.9 Å². The third-order valence-electron chi connectivity index (χ3n) is 3.80. The van der Waals surface area contributed by atoms with E-state index >= 15 is 0 Å². The van der Waals surface area contributed by atoms with Crippen LogP contribution in [0.15, 0.2) is 18.2 Å². The smallest absolute Gasteiger partial charge is 0.123 e. The van der Waals surface area contributed by atoms with E-state index in [2.05, 4.69) is 15.9 Å². The van der Waals surface area contributed by atoms with Crippen LogP contribution in [0.2, 0.25) is 0 Å². The number of hydrogen-bond acceptors (Lipinski definition) is 1. The van der Waals surface area contributed by atoms with Crippen LogP contribution in [0.1, 0.15) is 48.9 Å². The van der Waals surface area contributed by atoms with E-state index < -0.39 is 0 Å². The van der Waals surface area contributed by atoms with Gasteiger partial charge in [-0.3, -0.25) is 0 Å². The number of halogens is 2. The largest absolute Gasteiger partial charge is 0.496 e. The molecular weight excluding hydrogens is 295 g/mol. The molecule has 1 saturated carbocycles. The van der Waals surface area contributed by atoms with Crippen LogP contribution in [0.3, 0.4) is 0 Å². The minimum absolute atomic E-state index is 0.191. The summed E-state index contributed by atoms with van der Waals surface area (Å²) < 4.78 is 18.8. The van der Waals surface area contributed by atoms with E-state index in [1.165, 1.54) is 44.6 Å². The van der Waals surface area contributed by atoms with E-state index in [0.29, 0.717) is 5.92 Å². The molecule has 1 fully saturated rings. The quantitative estimate of drug-likeness (QED) is 0.547. The molecule has 2 rings (SSSR count). The van der Waals surface area contributed by atoms with E-state index in [-0.39, 0.29) is 10.6 Å². The van der Waals surface area contributed by atoms with Gasteiger partial charge in [-0.15, -0.1) is 0 Å². The summed E-state index contributed by atoms with van der Waals surface area (Å²) in [6.45, 7) is 0. The third kappa shape index (κ3) is 3.25. The first-order chi connectivity index (χ1) is 8.72. The normalized spacial score (nSPS) is 19.3. The number of rotatable bonds is 3. The zero-order chi connectivity index (χ0) is 13.0. The summed E-state index contributed by atoms with van der Waals surface area (Å²) in [7, 11) is 1.64. The Morgan fingerprint density at radius 1 is 1.22 bits per heavy atom. The first-order valence-electron chi connectivity index (χ1n) is 6.70. The first kappa shape index (κ1) is 13.9. The monoisotopic (exact) mass is 314 g/mol. The standard InChI is InChI=1S/C15H20BrFO/c1-18-14-9-8-12(17)10-13(14)15(16)11-6-4-2-3-5-7-11/h8-11,15H,2-7H2,1H3. The van der Waals surface area contributed by atoms with Crippen molar-refractivity contribution in [3.8, 4) is 5.75 Å². The molecule has 0 radical (unpaired) electrons. The topological polar surface area (TPSA) is 9.23 Å². The van der Waals surface area contributed by atoms with Crippen molar-refractivity contribution in [2.45, 2.75) is 43.4 Å². The van der Waals surface area contributed by atoms with Crippen LogP contribution in [-0.2, 0) is 0 Å². The molecule has 0 N–H and O–H groups in total. The van der Waals surface area contributed by atoms with Crippen molar-refractivity contribution in [2.24, 2.45) is 5.92 Å². The van der Waals surface area contributed by atoms with Crippen molar-refractivity contribution in [1.82, 2.24) is 0 Å². The van der Waals surface area contributed by atoms with E-state index in [4.69, 9.17) is 4.74 Å². The number of hydrogen-bond donors (Lipinski definition) is 0. The van der Waals surface area contributed by atoms with Gasteiger partial charge in [0.05, 0.1) is 7.11 Å². The molecule has 0 aliphatic heterocycles. The van der Waals surface area contributed by atoms with Crippen LogP contribution in [0.4, 0.5) is 4.39 Å². The van der Waals surface area contributed by atoms with E-state index in [1.807, 2.05) is 0 Å². The van der Waals surface area contributed by atoms with Crippen molar-refractivity contribution < 1.29 is 9.13 Å². The van der Waals surface area contributed by atoms with Crippen molar-refractivity contribution in [3.63, 3.8) is 0 Å². The predicted octanol–water partition coefficient (Wildman–Crippen LogP) is 5.24. The highest BCUT2D eigenvalue weighted by Crippen LogP contribution is 2.42. The van der Waals surface area contributed by atoms with Gasteiger partial charge in [-0.1, -0.05) is 41.6 Å². The molecule has 0 amide bonds. The maximum atomic E-state index is 13.4. The highest BCUT2D eigenvalue weighted by atomic mass is 79.9. The summed E-state index contributed by atoms with van der Waals surface area (Å²) >= 11 is 3.76. The first-order valence-corrected chi connectivity index (χ1v) is 7.61. The fourth-order valence-electron chi connectivity index (χ4n) is 2.78. The summed E-state index contributed by atoms with van der Waals surface area (Å²) in [4.78, 5) is 0.196. The molecule has 0 saturated heterocycles. The average molecular weight is 315 g/mol. The molecule has 0 heterocycles. The predicted molar refractivity (Wildman–Crippen MR) is 75.8 cm³/mol. The Kier molecular flexibility index (Phi) is 5.04. The van der Waals surface area contributed by atoms with Gasteiger partial charge in [-0.2, -0.15) is 0 Å². The Morgan fingerprint density at radius 3 is 2.50 bits per heavy atom. The van der Waals surface area contributed by atoms with Gasteiger partial charge in [0.1, 0.15) is 11.6 Å². The molecule has 1 aromatic carbocycles. The molecule has 3 heteroatoms. The van der Waals surface area contributed by atoms with Crippen molar-refractivity contribution in [3.05, 3.63) is 29.6 Å². The maximum absolute atomic E-state index is 13.4. The van der Waals surface area contributed by atoms with Gasteiger partial charge in [0.15, 0.2) is 0 Å². The summed E-state index contributed by atoms with van der Waals surface area (Å²) in [6, 6.07) is 4.77.